The topological polar surface area (TPSA) is 38.9 Å². The molecule has 1 aromatic rings. The Bertz CT molecular complexity index is 256. The van der Waals surface area contributed by atoms with E-state index in [4.69, 9.17) is 5.73 Å². The zero-order valence-electron chi connectivity index (χ0n) is 6.16. The van der Waals surface area contributed by atoms with Crippen molar-refractivity contribution in [3.8, 4) is 0 Å². The Kier molecular flexibility index (Phi) is 1.75. The van der Waals surface area contributed by atoms with Crippen molar-refractivity contribution in [1.82, 2.24) is 4.98 Å². The average molecular weight is 166 g/mol. The van der Waals surface area contributed by atoms with Crippen molar-refractivity contribution in [2.45, 2.75) is 18.9 Å². The third-order valence-electron chi connectivity index (χ3n) is 1.85. The first-order valence-electron chi connectivity index (χ1n) is 3.68. The molecule has 0 aromatic carbocycles. The van der Waals surface area contributed by atoms with Gasteiger partial charge >= 0.3 is 0 Å². The molecule has 1 aliphatic rings. The van der Waals surface area contributed by atoms with E-state index in [9.17, 15) is 0 Å². The molecule has 0 spiro atoms. The maximum atomic E-state index is 5.64. The predicted octanol–water partition coefficient (Wildman–Crippen LogP) is 1.65. The summed E-state index contributed by atoms with van der Waals surface area (Å²) in [5.74, 6) is 0. The molecular formula is C8H10N2S. The van der Waals surface area contributed by atoms with E-state index in [0.29, 0.717) is 6.04 Å². The molecule has 0 amide bonds. The van der Waals surface area contributed by atoms with Crippen LogP contribution in [-0.4, -0.2) is 11.0 Å². The van der Waals surface area contributed by atoms with Crippen molar-refractivity contribution < 1.29 is 0 Å². The molecule has 0 aliphatic heterocycles. The number of aromatic nitrogens is 1. The fraction of sp³-hybridized carbons (Fsp3) is 0.375. The number of rotatable bonds is 1. The highest BCUT2D eigenvalue weighted by molar-refractivity contribution is 7.10. The molecule has 1 saturated carbocycles. The van der Waals surface area contributed by atoms with Crippen LogP contribution in [0, 0.1) is 0 Å². The van der Waals surface area contributed by atoms with Crippen LogP contribution in [0.2, 0.25) is 0 Å². The van der Waals surface area contributed by atoms with Gasteiger partial charge < -0.3 is 5.73 Å². The highest BCUT2D eigenvalue weighted by Gasteiger charge is 2.18. The first-order valence-corrected chi connectivity index (χ1v) is 4.56. The van der Waals surface area contributed by atoms with Crippen LogP contribution >= 0.6 is 11.3 Å². The summed E-state index contributed by atoms with van der Waals surface area (Å²) in [6, 6.07) is 0.411. The molecule has 0 unspecified atom stereocenters. The Morgan fingerprint density at radius 1 is 1.64 bits per heavy atom. The normalized spacial score (nSPS) is 23.0. The third-order valence-corrected chi connectivity index (χ3v) is 2.57. The average Bonchev–Trinajstić information content (AvgIpc) is 2.36. The van der Waals surface area contributed by atoms with Gasteiger partial charge in [-0.25, -0.2) is 0 Å². The summed E-state index contributed by atoms with van der Waals surface area (Å²) >= 11 is 1.67. The minimum absolute atomic E-state index is 0.411. The van der Waals surface area contributed by atoms with Crippen LogP contribution in [0.15, 0.2) is 17.3 Å². The Hall–Kier alpha value is -0.670. The van der Waals surface area contributed by atoms with E-state index in [1.54, 1.807) is 11.3 Å². The molecule has 0 radical (unpaired) electrons. The van der Waals surface area contributed by atoms with Gasteiger partial charge in [0.05, 0.1) is 5.51 Å². The van der Waals surface area contributed by atoms with Crippen LogP contribution in [0.1, 0.15) is 17.7 Å². The summed E-state index contributed by atoms with van der Waals surface area (Å²) in [7, 11) is 0. The molecule has 1 heterocycles. The van der Waals surface area contributed by atoms with Crippen molar-refractivity contribution in [2.75, 3.05) is 0 Å². The lowest BCUT2D eigenvalue weighted by Crippen LogP contribution is -2.29. The summed E-state index contributed by atoms with van der Waals surface area (Å²) in [4.78, 5) is 5.24. The van der Waals surface area contributed by atoms with Gasteiger partial charge in [0.1, 0.15) is 0 Å². The molecule has 0 atom stereocenters. The van der Waals surface area contributed by atoms with Gasteiger partial charge in [-0.05, 0) is 18.9 Å². The SMILES string of the molecule is NC1CC(=Cc2cncs2)C1. The predicted molar refractivity (Wildman–Crippen MR) is 47.3 cm³/mol. The summed E-state index contributed by atoms with van der Waals surface area (Å²) in [5.41, 5.74) is 8.96. The molecule has 0 bridgehead atoms. The Morgan fingerprint density at radius 3 is 3.00 bits per heavy atom. The van der Waals surface area contributed by atoms with Crippen LogP contribution in [-0.2, 0) is 0 Å². The van der Waals surface area contributed by atoms with Gasteiger partial charge in [-0.1, -0.05) is 5.57 Å². The molecular weight excluding hydrogens is 156 g/mol. The Morgan fingerprint density at radius 2 is 2.45 bits per heavy atom. The van der Waals surface area contributed by atoms with Gasteiger partial charge in [0.25, 0.3) is 0 Å². The lowest BCUT2D eigenvalue weighted by molar-refractivity contribution is 0.547. The molecule has 3 heteroatoms. The zero-order valence-corrected chi connectivity index (χ0v) is 6.97. The second-order valence-electron chi connectivity index (χ2n) is 2.87. The maximum Gasteiger partial charge on any atom is 0.0797 e. The van der Waals surface area contributed by atoms with Crippen LogP contribution in [0.4, 0.5) is 0 Å². The Balaban J connectivity index is 2.06. The molecule has 2 rings (SSSR count). The minimum atomic E-state index is 0.411. The number of hydrogen-bond acceptors (Lipinski definition) is 3. The summed E-state index contributed by atoms with van der Waals surface area (Å²) in [5, 5.41) is 0. The molecule has 2 nitrogen and oxygen atoms in total. The summed E-state index contributed by atoms with van der Waals surface area (Å²) < 4.78 is 0. The van der Waals surface area contributed by atoms with E-state index in [1.165, 1.54) is 10.5 Å². The van der Waals surface area contributed by atoms with Crippen LogP contribution in [0.3, 0.4) is 0 Å². The first kappa shape index (κ1) is 7.00. The number of nitrogens with two attached hydrogens (primary N) is 1. The Labute approximate surface area is 69.8 Å². The van der Waals surface area contributed by atoms with Gasteiger partial charge in [-0.3, -0.25) is 4.98 Å². The third kappa shape index (κ3) is 1.49. The van der Waals surface area contributed by atoms with Gasteiger partial charge in [0, 0.05) is 17.1 Å². The quantitative estimate of drug-likeness (QED) is 0.689. The van der Waals surface area contributed by atoms with Gasteiger partial charge in [-0.2, -0.15) is 0 Å². The second-order valence-corrected chi connectivity index (χ2v) is 3.79. The van der Waals surface area contributed by atoms with Crippen LogP contribution in [0.25, 0.3) is 6.08 Å². The monoisotopic (exact) mass is 166 g/mol. The molecule has 11 heavy (non-hydrogen) atoms. The van der Waals surface area contributed by atoms with Crippen LogP contribution in [0.5, 0.6) is 0 Å². The molecule has 2 N–H and O–H groups in total. The lowest BCUT2D eigenvalue weighted by atomic mass is 9.87. The maximum absolute atomic E-state index is 5.64. The molecule has 58 valence electrons. The summed E-state index contributed by atoms with van der Waals surface area (Å²) in [6.45, 7) is 0. The molecule has 1 aliphatic carbocycles. The van der Waals surface area contributed by atoms with Crippen molar-refractivity contribution in [3.05, 3.63) is 22.2 Å². The van der Waals surface area contributed by atoms with Gasteiger partial charge in [-0.15, -0.1) is 11.3 Å². The standard InChI is InChI=1S/C8H10N2S/c9-7-1-6(2-7)3-8-4-10-5-11-8/h3-5,7H,1-2,9H2. The fourth-order valence-electron chi connectivity index (χ4n) is 1.23. The van der Waals surface area contributed by atoms with E-state index in [-0.39, 0.29) is 0 Å². The molecule has 1 aromatic heterocycles. The van der Waals surface area contributed by atoms with Gasteiger partial charge in [0.15, 0.2) is 0 Å². The van der Waals surface area contributed by atoms with Gasteiger partial charge in [0.2, 0.25) is 0 Å². The number of nitrogens with zero attached hydrogens (tertiary/aromatic N) is 1. The second kappa shape index (κ2) is 2.75. The van der Waals surface area contributed by atoms with Crippen molar-refractivity contribution in [1.29, 1.82) is 0 Å². The van der Waals surface area contributed by atoms with E-state index >= 15 is 0 Å². The van der Waals surface area contributed by atoms with Crippen LogP contribution < -0.4 is 5.73 Å². The number of thiazole rings is 1. The minimum Gasteiger partial charge on any atom is -0.327 e. The van der Waals surface area contributed by atoms with E-state index in [2.05, 4.69) is 11.1 Å². The van der Waals surface area contributed by atoms with Crippen molar-refractivity contribution in [2.24, 2.45) is 5.73 Å². The largest absolute Gasteiger partial charge is 0.327 e. The molecule has 0 saturated heterocycles. The smallest absolute Gasteiger partial charge is 0.0797 e. The molecule has 1 fully saturated rings. The number of hydrogen-bond donors (Lipinski definition) is 1. The van der Waals surface area contributed by atoms with Crippen molar-refractivity contribution in [3.63, 3.8) is 0 Å². The van der Waals surface area contributed by atoms with E-state index < -0.39 is 0 Å². The highest BCUT2D eigenvalue weighted by Crippen LogP contribution is 2.27. The zero-order chi connectivity index (χ0) is 7.68. The highest BCUT2D eigenvalue weighted by atomic mass is 32.1. The summed E-state index contributed by atoms with van der Waals surface area (Å²) in [6.07, 6.45) is 6.22. The fourth-order valence-corrected chi connectivity index (χ4v) is 1.83. The first-order chi connectivity index (χ1) is 5.34. The van der Waals surface area contributed by atoms with E-state index in [1.807, 2.05) is 11.7 Å². The lowest BCUT2D eigenvalue weighted by Gasteiger charge is -2.24. The van der Waals surface area contributed by atoms with Crippen molar-refractivity contribution >= 4 is 17.4 Å². The van der Waals surface area contributed by atoms with E-state index in [0.717, 1.165) is 12.8 Å².